The second kappa shape index (κ2) is 13.1. The van der Waals surface area contributed by atoms with Crippen LogP contribution in [-0.4, -0.2) is 50.2 Å². The van der Waals surface area contributed by atoms with Gasteiger partial charge >= 0.3 is 11.9 Å². The number of hydrogen-bond donors (Lipinski definition) is 0. The van der Waals surface area contributed by atoms with Crippen LogP contribution in [-0.2, 0) is 19.0 Å². The number of rotatable bonds is 10. The molecule has 240 valence electrons. The number of esters is 2. The molecule has 0 spiro atoms. The van der Waals surface area contributed by atoms with Crippen molar-refractivity contribution in [2.75, 3.05) is 13.7 Å². The molecule has 4 aliphatic rings. The first-order valence-electron chi connectivity index (χ1n) is 16.7. The molecule has 0 N–H and O–H groups in total. The lowest BCUT2D eigenvalue weighted by Gasteiger charge is -2.61. The summed E-state index contributed by atoms with van der Waals surface area (Å²) in [7, 11) is 1.35. The standard InChI is InChI=1S/C36H52F2O5/c1-22(19-32(34(40)41-5)43-33(39)24-9-7-6-8-10-24)28-13-14-29-27-12-11-25-20-26(42-21-31(38)23(2)37)15-17-35(25,3)30(27)16-18-36(28,29)4/h6-10,22-23,25-32H,11-21H2,1-5H3/t22-,23?,25+,26+,27+,28-,29+,30+,31?,32?,35+,36-/m1/s1. The molecule has 5 nitrogen and oxygen atoms in total. The van der Waals surface area contributed by atoms with Crippen LogP contribution in [0.25, 0.3) is 0 Å². The van der Waals surface area contributed by atoms with E-state index >= 15 is 0 Å². The van der Waals surface area contributed by atoms with E-state index in [2.05, 4.69) is 20.8 Å². The molecule has 0 amide bonds. The predicted molar refractivity (Wildman–Crippen MR) is 162 cm³/mol. The Balaban J connectivity index is 1.23. The normalized spacial score (nSPS) is 38.0. The third kappa shape index (κ3) is 6.39. The van der Waals surface area contributed by atoms with Crippen LogP contribution < -0.4 is 0 Å². The number of carbonyl (C=O) groups is 2. The highest BCUT2D eigenvalue weighted by molar-refractivity contribution is 5.91. The lowest BCUT2D eigenvalue weighted by atomic mass is 9.44. The van der Waals surface area contributed by atoms with E-state index in [0.29, 0.717) is 41.6 Å². The predicted octanol–water partition coefficient (Wildman–Crippen LogP) is 8.15. The van der Waals surface area contributed by atoms with E-state index in [1.807, 2.05) is 6.07 Å². The molecule has 1 aromatic carbocycles. The zero-order valence-corrected chi connectivity index (χ0v) is 26.7. The molecule has 4 fully saturated rings. The van der Waals surface area contributed by atoms with Crippen LogP contribution in [0.3, 0.4) is 0 Å². The molecule has 0 aromatic heterocycles. The molecular weight excluding hydrogens is 550 g/mol. The van der Waals surface area contributed by atoms with Crippen LogP contribution in [0.15, 0.2) is 30.3 Å². The average molecular weight is 603 g/mol. The largest absolute Gasteiger partial charge is 0.466 e. The third-order valence-corrected chi connectivity index (χ3v) is 12.7. The summed E-state index contributed by atoms with van der Waals surface area (Å²) >= 11 is 0. The Morgan fingerprint density at radius 2 is 1.63 bits per heavy atom. The van der Waals surface area contributed by atoms with Crippen molar-refractivity contribution in [3.05, 3.63) is 35.9 Å². The minimum atomic E-state index is -1.54. The minimum absolute atomic E-state index is 0.0379. The van der Waals surface area contributed by atoms with E-state index in [4.69, 9.17) is 14.2 Å². The first-order valence-corrected chi connectivity index (χ1v) is 16.7. The van der Waals surface area contributed by atoms with Crippen molar-refractivity contribution in [3.63, 3.8) is 0 Å². The zero-order valence-electron chi connectivity index (χ0n) is 26.7. The summed E-state index contributed by atoms with van der Waals surface area (Å²) in [4.78, 5) is 25.5. The summed E-state index contributed by atoms with van der Waals surface area (Å²) in [5, 5.41) is 0. The molecule has 3 unspecified atom stereocenters. The van der Waals surface area contributed by atoms with E-state index in [1.165, 1.54) is 46.1 Å². The van der Waals surface area contributed by atoms with Crippen LogP contribution in [0, 0.1) is 46.3 Å². The molecular formula is C36H52F2O5. The van der Waals surface area contributed by atoms with Crippen molar-refractivity contribution >= 4 is 11.9 Å². The Bertz CT molecular complexity index is 1110. The summed E-state index contributed by atoms with van der Waals surface area (Å²) < 4.78 is 43.9. The summed E-state index contributed by atoms with van der Waals surface area (Å²) in [6, 6.07) is 8.80. The number of alkyl halides is 2. The van der Waals surface area contributed by atoms with Crippen molar-refractivity contribution in [2.45, 2.75) is 116 Å². The van der Waals surface area contributed by atoms with Crippen LogP contribution >= 0.6 is 0 Å². The highest BCUT2D eigenvalue weighted by Gasteiger charge is 2.60. The van der Waals surface area contributed by atoms with Crippen LogP contribution in [0.4, 0.5) is 8.78 Å². The number of fused-ring (bicyclic) bond motifs is 5. The molecule has 7 heteroatoms. The van der Waals surface area contributed by atoms with Gasteiger partial charge in [-0.3, -0.25) is 0 Å². The van der Waals surface area contributed by atoms with Crippen molar-refractivity contribution in [3.8, 4) is 0 Å². The minimum Gasteiger partial charge on any atom is -0.466 e. The van der Waals surface area contributed by atoms with Gasteiger partial charge in [0.05, 0.1) is 25.4 Å². The number of methoxy groups -OCH3 is 1. The van der Waals surface area contributed by atoms with E-state index in [-0.39, 0.29) is 29.5 Å². The van der Waals surface area contributed by atoms with Crippen LogP contribution in [0.2, 0.25) is 0 Å². The first-order chi connectivity index (χ1) is 20.5. The molecule has 4 saturated carbocycles. The van der Waals surface area contributed by atoms with Gasteiger partial charge in [-0.25, -0.2) is 18.4 Å². The van der Waals surface area contributed by atoms with E-state index in [0.717, 1.165) is 25.7 Å². The van der Waals surface area contributed by atoms with Gasteiger partial charge in [0.1, 0.15) is 6.17 Å². The van der Waals surface area contributed by atoms with Gasteiger partial charge in [-0.1, -0.05) is 39.0 Å². The highest BCUT2D eigenvalue weighted by atomic mass is 19.2. The Morgan fingerprint density at radius 1 is 0.930 bits per heavy atom. The molecule has 12 atom stereocenters. The van der Waals surface area contributed by atoms with Gasteiger partial charge in [0, 0.05) is 0 Å². The van der Waals surface area contributed by atoms with Crippen molar-refractivity contribution < 1.29 is 32.6 Å². The Hall–Kier alpha value is -2.02. The average Bonchev–Trinajstić information content (AvgIpc) is 3.36. The Labute approximate surface area is 256 Å². The van der Waals surface area contributed by atoms with Crippen molar-refractivity contribution in [1.82, 2.24) is 0 Å². The van der Waals surface area contributed by atoms with E-state index < -0.39 is 30.4 Å². The maximum absolute atomic E-state index is 13.9. The summed E-state index contributed by atoms with van der Waals surface area (Å²) in [6.45, 7) is 8.34. The van der Waals surface area contributed by atoms with Gasteiger partial charge in [0.2, 0.25) is 0 Å². The number of hydrogen-bond acceptors (Lipinski definition) is 5. The Morgan fingerprint density at radius 3 is 2.33 bits per heavy atom. The van der Waals surface area contributed by atoms with E-state index in [9.17, 15) is 18.4 Å². The van der Waals surface area contributed by atoms with Gasteiger partial charge < -0.3 is 14.2 Å². The lowest BCUT2D eigenvalue weighted by Crippen LogP contribution is -2.54. The van der Waals surface area contributed by atoms with Crippen molar-refractivity contribution in [2.24, 2.45) is 46.3 Å². The molecule has 4 aliphatic carbocycles. The van der Waals surface area contributed by atoms with Gasteiger partial charge in [0.25, 0.3) is 0 Å². The monoisotopic (exact) mass is 602 g/mol. The summed E-state index contributed by atoms with van der Waals surface area (Å²) in [5.41, 5.74) is 0.909. The fraction of sp³-hybridized carbons (Fsp3) is 0.778. The molecule has 5 rings (SSSR count). The second-order valence-electron chi connectivity index (χ2n) is 14.8. The molecule has 0 aliphatic heterocycles. The second-order valence-corrected chi connectivity index (χ2v) is 14.8. The molecule has 0 saturated heterocycles. The maximum Gasteiger partial charge on any atom is 0.347 e. The molecule has 43 heavy (non-hydrogen) atoms. The molecule has 0 bridgehead atoms. The van der Waals surface area contributed by atoms with Crippen LogP contribution in [0.1, 0.15) is 102 Å². The molecule has 0 radical (unpaired) electrons. The first kappa shape index (κ1) is 32.4. The van der Waals surface area contributed by atoms with Gasteiger partial charge in [-0.05, 0) is 130 Å². The fourth-order valence-corrected chi connectivity index (χ4v) is 10.3. The smallest absolute Gasteiger partial charge is 0.347 e. The SMILES string of the molecule is COC(=O)C(C[C@@H](C)[C@H]1CC[C@H]2[C@@H]3CC[C@H]4C[C@@H](OCC(F)C(C)F)CC[C@]4(C)[C@H]3CC[C@]12C)OC(=O)c1ccccc1. The molecule has 0 heterocycles. The van der Waals surface area contributed by atoms with Crippen LogP contribution in [0.5, 0.6) is 0 Å². The Kier molecular flexibility index (Phi) is 9.90. The topological polar surface area (TPSA) is 61.8 Å². The van der Waals surface area contributed by atoms with E-state index in [1.54, 1.807) is 24.3 Å². The van der Waals surface area contributed by atoms with Crippen molar-refractivity contribution in [1.29, 1.82) is 0 Å². The summed E-state index contributed by atoms with van der Waals surface area (Å²) in [5.74, 6) is 2.31. The van der Waals surface area contributed by atoms with Gasteiger partial charge in [-0.2, -0.15) is 0 Å². The highest BCUT2D eigenvalue weighted by Crippen LogP contribution is 2.68. The number of carbonyl (C=O) groups excluding carboxylic acids is 2. The van der Waals surface area contributed by atoms with Gasteiger partial charge in [0.15, 0.2) is 12.3 Å². The number of benzene rings is 1. The number of ether oxygens (including phenoxy) is 3. The third-order valence-electron chi connectivity index (χ3n) is 12.7. The summed E-state index contributed by atoms with van der Waals surface area (Å²) in [6.07, 6.45) is 6.71. The maximum atomic E-state index is 13.9. The zero-order chi connectivity index (χ0) is 30.9. The quantitative estimate of drug-likeness (QED) is 0.253. The van der Waals surface area contributed by atoms with Gasteiger partial charge in [-0.15, -0.1) is 0 Å². The number of halogens is 2. The lowest BCUT2D eigenvalue weighted by molar-refractivity contribution is -0.153. The molecule has 1 aromatic rings. The fourth-order valence-electron chi connectivity index (χ4n) is 10.3.